The second-order valence-electron chi connectivity index (χ2n) is 6.29. The molecule has 0 aliphatic heterocycles. The van der Waals surface area contributed by atoms with E-state index in [-0.39, 0.29) is 0 Å². The van der Waals surface area contributed by atoms with Crippen LogP contribution in [-0.4, -0.2) is 13.1 Å². The molecule has 2 bridgehead atoms. The van der Waals surface area contributed by atoms with Gasteiger partial charge in [-0.05, 0) is 62.8 Å². The van der Waals surface area contributed by atoms with Gasteiger partial charge in [-0.15, -0.1) is 0 Å². The molecule has 1 nitrogen and oxygen atoms in total. The minimum atomic E-state index is 0.773. The van der Waals surface area contributed by atoms with E-state index in [2.05, 4.69) is 26.2 Å². The molecule has 2 aliphatic rings. The first kappa shape index (κ1) is 11.4. The fourth-order valence-electron chi connectivity index (χ4n) is 3.93. The predicted molar refractivity (Wildman–Crippen MR) is 65.9 cm³/mol. The topological polar surface area (TPSA) is 12.0 Å². The zero-order valence-electron chi connectivity index (χ0n) is 10.6. The molecule has 0 aromatic carbocycles. The third kappa shape index (κ3) is 2.75. The Kier molecular flexibility index (Phi) is 3.71. The van der Waals surface area contributed by atoms with Gasteiger partial charge in [0.25, 0.3) is 0 Å². The summed E-state index contributed by atoms with van der Waals surface area (Å²) in [5.41, 5.74) is 0. The summed E-state index contributed by atoms with van der Waals surface area (Å²) in [6.45, 7) is 4.68. The van der Waals surface area contributed by atoms with E-state index in [1.807, 2.05) is 0 Å². The average Bonchev–Trinajstić information content (AvgIpc) is 2.77. The standard InChI is InChI=1S/C14H27N/c1-10(2)6-14(15-3)9-13-8-11-4-5-12(13)7-11/h10-15H,4-9H2,1-3H3. The maximum atomic E-state index is 3.52. The van der Waals surface area contributed by atoms with Crippen LogP contribution >= 0.6 is 0 Å². The van der Waals surface area contributed by atoms with Crippen molar-refractivity contribution < 1.29 is 0 Å². The van der Waals surface area contributed by atoms with E-state index in [0.29, 0.717) is 0 Å². The Balaban J connectivity index is 1.79. The van der Waals surface area contributed by atoms with Crippen molar-refractivity contribution in [3.05, 3.63) is 0 Å². The molecule has 4 atom stereocenters. The van der Waals surface area contributed by atoms with Gasteiger partial charge in [-0.2, -0.15) is 0 Å². The van der Waals surface area contributed by atoms with E-state index in [9.17, 15) is 0 Å². The van der Waals surface area contributed by atoms with Gasteiger partial charge in [0.2, 0.25) is 0 Å². The van der Waals surface area contributed by atoms with Crippen LogP contribution in [0.5, 0.6) is 0 Å². The molecule has 1 heteroatoms. The maximum Gasteiger partial charge on any atom is 0.00692 e. The average molecular weight is 209 g/mol. The molecule has 0 spiro atoms. The van der Waals surface area contributed by atoms with E-state index in [4.69, 9.17) is 0 Å². The number of rotatable bonds is 5. The summed E-state index contributed by atoms with van der Waals surface area (Å²) >= 11 is 0. The van der Waals surface area contributed by atoms with Crippen molar-refractivity contribution in [3.63, 3.8) is 0 Å². The lowest BCUT2D eigenvalue weighted by atomic mass is 9.82. The van der Waals surface area contributed by atoms with Gasteiger partial charge in [0.05, 0.1) is 0 Å². The van der Waals surface area contributed by atoms with Crippen molar-refractivity contribution in [2.24, 2.45) is 23.7 Å². The molecule has 0 amide bonds. The molecule has 0 saturated heterocycles. The molecule has 2 aliphatic carbocycles. The largest absolute Gasteiger partial charge is 0.317 e. The SMILES string of the molecule is CNC(CC(C)C)CC1CC2CCC1C2. The molecule has 88 valence electrons. The normalized spacial score (nSPS) is 36.4. The fourth-order valence-corrected chi connectivity index (χ4v) is 3.93. The lowest BCUT2D eigenvalue weighted by Crippen LogP contribution is -2.30. The van der Waals surface area contributed by atoms with Gasteiger partial charge in [-0.1, -0.05) is 20.3 Å². The number of nitrogens with one attached hydrogen (secondary N) is 1. The minimum absolute atomic E-state index is 0.773. The lowest BCUT2D eigenvalue weighted by molar-refractivity contribution is 0.267. The summed E-state index contributed by atoms with van der Waals surface area (Å²) in [7, 11) is 2.14. The zero-order valence-corrected chi connectivity index (χ0v) is 10.6. The molecular weight excluding hydrogens is 182 g/mol. The molecule has 2 saturated carbocycles. The summed E-state index contributed by atoms with van der Waals surface area (Å²) in [6.07, 6.45) is 8.97. The minimum Gasteiger partial charge on any atom is -0.317 e. The molecule has 2 rings (SSSR count). The highest BCUT2D eigenvalue weighted by atomic mass is 14.9. The van der Waals surface area contributed by atoms with E-state index in [1.165, 1.54) is 25.7 Å². The number of hydrogen-bond acceptors (Lipinski definition) is 1. The summed E-state index contributed by atoms with van der Waals surface area (Å²) in [6, 6.07) is 0.773. The quantitative estimate of drug-likeness (QED) is 0.731. The molecule has 15 heavy (non-hydrogen) atoms. The van der Waals surface area contributed by atoms with Crippen molar-refractivity contribution in [1.29, 1.82) is 0 Å². The van der Waals surface area contributed by atoms with Crippen LogP contribution in [0, 0.1) is 23.7 Å². The molecule has 0 radical (unpaired) electrons. The monoisotopic (exact) mass is 209 g/mol. The third-order valence-electron chi connectivity index (χ3n) is 4.64. The van der Waals surface area contributed by atoms with Crippen molar-refractivity contribution in [2.75, 3.05) is 7.05 Å². The highest BCUT2D eigenvalue weighted by Crippen LogP contribution is 2.50. The Morgan fingerprint density at radius 1 is 1.20 bits per heavy atom. The predicted octanol–water partition coefficient (Wildman–Crippen LogP) is 3.45. The Labute approximate surface area is 95.0 Å². The van der Waals surface area contributed by atoms with Crippen LogP contribution in [0.3, 0.4) is 0 Å². The molecule has 4 unspecified atom stereocenters. The van der Waals surface area contributed by atoms with Crippen molar-refractivity contribution in [3.8, 4) is 0 Å². The maximum absolute atomic E-state index is 3.52. The van der Waals surface area contributed by atoms with Crippen LogP contribution in [0.2, 0.25) is 0 Å². The summed E-state index contributed by atoms with van der Waals surface area (Å²) in [5, 5.41) is 3.52. The lowest BCUT2D eigenvalue weighted by Gasteiger charge is -2.27. The van der Waals surface area contributed by atoms with Gasteiger partial charge in [-0.25, -0.2) is 0 Å². The van der Waals surface area contributed by atoms with Gasteiger partial charge in [-0.3, -0.25) is 0 Å². The molecule has 2 fully saturated rings. The Morgan fingerprint density at radius 2 is 2.00 bits per heavy atom. The van der Waals surface area contributed by atoms with Crippen molar-refractivity contribution >= 4 is 0 Å². The van der Waals surface area contributed by atoms with Crippen LogP contribution in [0.1, 0.15) is 52.4 Å². The number of fused-ring (bicyclic) bond motifs is 2. The molecule has 0 heterocycles. The molecular formula is C14H27N. The summed E-state index contributed by atoms with van der Waals surface area (Å²) < 4.78 is 0. The van der Waals surface area contributed by atoms with Gasteiger partial charge in [0.1, 0.15) is 0 Å². The van der Waals surface area contributed by atoms with E-state index < -0.39 is 0 Å². The fraction of sp³-hybridized carbons (Fsp3) is 1.00. The van der Waals surface area contributed by atoms with Crippen molar-refractivity contribution in [2.45, 2.75) is 58.4 Å². The van der Waals surface area contributed by atoms with Gasteiger partial charge < -0.3 is 5.32 Å². The van der Waals surface area contributed by atoms with Crippen LogP contribution in [-0.2, 0) is 0 Å². The molecule has 1 N–H and O–H groups in total. The summed E-state index contributed by atoms with van der Waals surface area (Å²) in [4.78, 5) is 0. The van der Waals surface area contributed by atoms with Crippen LogP contribution < -0.4 is 5.32 Å². The van der Waals surface area contributed by atoms with E-state index in [1.54, 1.807) is 12.8 Å². The van der Waals surface area contributed by atoms with Crippen LogP contribution in [0.25, 0.3) is 0 Å². The Morgan fingerprint density at radius 3 is 2.47 bits per heavy atom. The smallest absolute Gasteiger partial charge is 0.00692 e. The van der Waals surface area contributed by atoms with E-state index in [0.717, 1.165) is 29.7 Å². The first-order valence-corrected chi connectivity index (χ1v) is 6.86. The molecule has 0 aromatic heterocycles. The second-order valence-corrected chi connectivity index (χ2v) is 6.29. The molecule has 0 aromatic rings. The van der Waals surface area contributed by atoms with Gasteiger partial charge in [0, 0.05) is 6.04 Å². The van der Waals surface area contributed by atoms with Gasteiger partial charge >= 0.3 is 0 Å². The highest BCUT2D eigenvalue weighted by molar-refractivity contribution is 4.91. The first-order valence-electron chi connectivity index (χ1n) is 6.86. The van der Waals surface area contributed by atoms with Crippen LogP contribution in [0.15, 0.2) is 0 Å². The van der Waals surface area contributed by atoms with Crippen molar-refractivity contribution in [1.82, 2.24) is 5.32 Å². The second kappa shape index (κ2) is 4.86. The Hall–Kier alpha value is -0.0400. The summed E-state index contributed by atoms with van der Waals surface area (Å²) in [5.74, 6) is 4.09. The zero-order chi connectivity index (χ0) is 10.8. The number of hydrogen-bond donors (Lipinski definition) is 1. The highest BCUT2D eigenvalue weighted by Gasteiger charge is 2.39. The van der Waals surface area contributed by atoms with Gasteiger partial charge in [0.15, 0.2) is 0 Å². The Bertz CT molecular complexity index is 200. The first-order chi connectivity index (χ1) is 7.19. The van der Waals surface area contributed by atoms with E-state index >= 15 is 0 Å². The van der Waals surface area contributed by atoms with Crippen LogP contribution in [0.4, 0.5) is 0 Å². The third-order valence-corrected chi connectivity index (χ3v) is 4.64.